The molecule has 0 amide bonds. The lowest BCUT2D eigenvalue weighted by Gasteiger charge is -2.38. The topological polar surface area (TPSA) is 29.3 Å². The van der Waals surface area contributed by atoms with Crippen LogP contribution in [-0.2, 0) is 0 Å². The highest BCUT2D eigenvalue weighted by molar-refractivity contribution is 6.33. The molecule has 1 aromatic rings. The lowest BCUT2D eigenvalue weighted by atomic mass is 9.93. The van der Waals surface area contributed by atoms with Crippen LogP contribution in [0.5, 0.6) is 0 Å². The lowest BCUT2D eigenvalue weighted by molar-refractivity contribution is 0.378. The Hall–Kier alpha value is -0.730. The summed E-state index contributed by atoms with van der Waals surface area (Å²) in [5.41, 5.74) is 8.14. The molecule has 1 saturated heterocycles. The third-order valence-electron chi connectivity index (χ3n) is 3.95. The predicted octanol–water partition coefficient (Wildman–Crippen LogP) is 3.98. The molecule has 0 radical (unpaired) electrons. The van der Waals surface area contributed by atoms with E-state index in [-0.39, 0.29) is 6.04 Å². The fourth-order valence-corrected chi connectivity index (χ4v) is 3.10. The van der Waals surface area contributed by atoms with Gasteiger partial charge in [-0.25, -0.2) is 0 Å². The molecular weight excluding hydrogens is 244 g/mol. The van der Waals surface area contributed by atoms with E-state index in [0.717, 1.165) is 28.7 Å². The summed E-state index contributed by atoms with van der Waals surface area (Å²) in [4.78, 5) is 2.42. The van der Waals surface area contributed by atoms with Gasteiger partial charge in [0.25, 0.3) is 0 Å². The van der Waals surface area contributed by atoms with Crippen LogP contribution < -0.4 is 10.6 Å². The summed E-state index contributed by atoms with van der Waals surface area (Å²) in [7, 11) is 0. The SMILES string of the molecule is CC1CCN(c2ccc([C@H](C)N)cc2Cl)C(C)C1. The number of halogens is 1. The molecule has 3 atom stereocenters. The largest absolute Gasteiger partial charge is 0.368 e. The first-order chi connectivity index (χ1) is 8.49. The van der Waals surface area contributed by atoms with Crippen molar-refractivity contribution < 1.29 is 0 Å². The van der Waals surface area contributed by atoms with Crippen LogP contribution >= 0.6 is 11.6 Å². The second kappa shape index (κ2) is 5.50. The van der Waals surface area contributed by atoms with Gasteiger partial charge in [-0.15, -0.1) is 0 Å². The number of rotatable bonds is 2. The third kappa shape index (κ3) is 2.81. The van der Waals surface area contributed by atoms with E-state index in [1.165, 1.54) is 12.8 Å². The van der Waals surface area contributed by atoms with Crippen molar-refractivity contribution in [3.05, 3.63) is 28.8 Å². The molecule has 0 spiro atoms. The molecule has 1 aromatic carbocycles. The minimum absolute atomic E-state index is 0.0374. The number of benzene rings is 1. The summed E-state index contributed by atoms with van der Waals surface area (Å²) in [6.07, 6.45) is 2.49. The van der Waals surface area contributed by atoms with E-state index in [4.69, 9.17) is 17.3 Å². The van der Waals surface area contributed by atoms with Crippen molar-refractivity contribution in [3.63, 3.8) is 0 Å². The molecule has 2 rings (SSSR count). The third-order valence-corrected chi connectivity index (χ3v) is 4.25. The van der Waals surface area contributed by atoms with E-state index in [1.54, 1.807) is 0 Å². The number of nitrogens with zero attached hydrogens (tertiary/aromatic N) is 1. The molecule has 2 nitrogen and oxygen atoms in total. The zero-order chi connectivity index (χ0) is 13.3. The molecule has 0 bridgehead atoms. The van der Waals surface area contributed by atoms with E-state index in [9.17, 15) is 0 Å². The maximum atomic E-state index is 6.41. The Morgan fingerprint density at radius 1 is 1.39 bits per heavy atom. The van der Waals surface area contributed by atoms with E-state index in [1.807, 2.05) is 13.0 Å². The van der Waals surface area contributed by atoms with Crippen molar-refractivity contribution in [1.82, 2.24) is 0 Å². The zero-order valence-corrected chi connectivity index (χ0v) is 12.2. The maximum absolute atomic E-state index is 6.41. The first-order valence-electron chi connectivity index (χ1n) is 6.80. The molecule has 1 fully saturated rings. The summed E-state index contributed by atoms with van der Waals surface area (Å²) in [6, 6.07) is 6.82. The van der Waals surface area contributed by atoms with Crippen LogP contribution in [0.1, 0.15) is 45.2 Å². The molecule has 18 heavy (non-hydrogen) atoms. The van der Waals surface area contributed by atoms with Crippen LogP contribution in [0.4, 0.5) is 5.69 Å². The van der Waals surface area contributed by atoms with Crippen LogP contribution in [-0.4, -0.2) is 12.6 Å². The highest BCUT2D eigenvalue weighted by atomic mass is 35.5. The first kappa shape index (κ1) is 13.7. The monoisotopic (exact) mass is 266 g/mol. The Labute approximate surface area is 115 Å². The van der Waals surface area contributed by atoms with Gasteiger partial charge in [-0.1, -0.05) is 24.6 Å². The Morgan fingerprint density at radius 2 is 2.11 bits per heavy atom. The van der Waals surface area contributed by atoms with E-state index >= 15 is 0 Å². The van der Waals surface area contributed by atoms with E-state index in [0.29, 0.717) is 6.04 Å². The Balaban J connectivity index is 2.23. The van der Waals surface area contributed by atoms with E-state index < -0.39 is 0 Å². The summed E-state index contributed by atoms with van der Waals surface area (Å²) in [5, 5.41) is 0.825. The lowest BCUT2D eigenvalue weighted by Crippen LogP contribution is -2.40. The molecule has 1 heterocycles. The second-order valence-electron chi connectivity index (χ2n) is 5.67. The van der Waals surface area contributed by atoms with Gasteiger partial charge in [-0.05, 0) is 50.3 Å². The smallest absolute Gasteiger partial charge is 0.0642 e. The first-order valence-corrected chi connectivity index (χ1v) is 7.18. The summed E-state index contributed by atoms with van der Waals surface area (Å²) >= 11 is 6.41. The Morgan fingerprint density at radius 3 is 2.67 bits per heavy atom. The van der Waals surface area contributed by atoms with Crippen molar-refractivity contribution in [2.45, 2.75) is 45.7 Å². The van der Waals surface area contributed by atoms with Crippen LogP contribution in [0, 0.1) is 5.92 Å². The van der Waals surface area contributed by atoms with Crippen molar-refractivity contribution in [2.24, 2.45) is 11.7 Å². The molecular formula is C15H23ClN2. The van der Waals surface area contributed by atoms with Crippen molar-refractivity contribution in [3.8, 4) is 0 Å². The van der Waals surface area contributed by atoms with Gasteiger partial charge in [0.05, 0.1) is 10.7 Å². The number of nitrogens with two attached hydrogens (primary N) is 1. The van der Waals surface area contributed by atoms with Crippen LogP contribution in [0.15, 0.2) is 18.2 Å². The minimum Gasteiger partial charge on any atom is -0.368 e. The van der Waals surface area contributed by atoms with Gasteiger partial charge in [0, 0.05) is 18.6 Å². The number of piperidine rings is 1. The number of anilines is 1. The highest BCUT2D eigenvalue weighted by Crippen LogP contribution is 2.34. The molecule has 1 aliphatic heterocycles. The standard InChI is InChI=1S/C15H23ClN2/c1-10-6-7-18(11(2)8-10)15-5-4-13(12(3)17)9-14(15)16/h4-5,9-12H,6-8,17H2,1-3H3/t10?,11?,12-/m0/s1. The summed E-state index contributed by atoms with van der Waals surface area (Å²) in [6.45, 7) is 7.69. The molecule has 1 aliphatic rings. The second-order valence-corrected chi connectivity index (χ2v) is 6.08. The molecule has 0 aliphatic carbocycles. The zero-order valence-electron chi connectivity index (χ0n) is 11.5. The molecule has 100 valence electrons. The van der Waals surface area contributed by atoms with Crippen LogP contribution in [0.3, 0.4) is 0 Å². The maximum Gasteiger partial charge on any atom is 0.0642 e. The van der Waals surface area contributed by atoms with Gasteiger partial charge in [0.1, 0.15) is 0 Å². The fourth-order valence-electron chi connectivity index (χ4n) is 2.80. The van der Waals surface area contributed by atoms with Crippen LogP contribution in [0.2, 0.25) is 5.02 Å². The van der Waals surface area contributed by atoms with Crippen molar-refractivity contribution in [2.75, 3.05) is 11.4 Å². The quantitative estimate of drug-likeness (QED) is 0.877. The minimum atomic E-state index is 0.0374. The van der Waals surface area contributed by atoms with E-state index in [2.05, 4.69) is 30.9 Å². The van der Waals surface area contributed by atoms with Gasteiger partial charge in [-0.3, -0.25) is 0 Å². The normalized spacial score (nSPS) is 26.2. The fraction of sp³-hybridized carbons (Fsp3) is 0.600. The average molecular weight is 267 g/mol. The Bertz CT molecular complexity index is 417. The van der Waals surface area contributed by atoms with Crippen molar-refractivity contribution in [1.29, 1.82) is 0 Å². The number of hydrogen-bond acceptors (Lipinski definition) is 2. The van der Waals surface area contributed by atoms with Crippen molar-refractivity contribution >= 4 is 17.3 Å². The van der Waals surface area contributed by atoms with Gasteiger partial charge in [0.15, 0.2) is 0 Å². The van der Waals surface area contributed by atoms with Gasteiger partial charge >= 0.3 is 0 Å². The number of hydrogen-bond donors (Lipinski definition) is 1. The molecule has 0 aromatic heterocycles. The molecule has 0 saturated carbocycles. The summed E-state index contributed by atoms with van der Waals surface area (Å²) in [5.74, 6) is 0.818. The predicted molar refractivity (Wildman–Crippen MR) is 79.3 cm³/mol. The van der Waals surface area contributed by atoms with Gasteiger partial charge in [-0.2, -0.15) is 0 Å². The van der Waals surface area contributed by atoms with Crippen LogP contribution in [0.25, 0.3) is 0 Å². The van der Waals surface area contributed by atoms with Gasteiger partial charge in [0.2, 0.25) is 0 Å². The summed E-state index contributed by atoms with van der Waals surface area (Å²) < 4.78 is 0. The Kier molecular flexibility index (Phi) is 4.18. The molecule has 2 N–H and O–H groups in total. The van der Waals surface area contributed by atoms with Gasteiger partial charge < -0.3 is 10.6 Å². The molecule has 3 heteroatoms. The highest BCUT2D eigenvalue weighted by Gasteiger charge is 2.24. The average Bonchev–Trinajstić information content (AvgIpc) is 2.30. The molecule has 2 unspecified atom stereocenters.